The van der Waals surface area contributed by atoms with Gasteiger partial charge in [0.1, 0.15) is 0 Å². The average Bonchev–Trinajstić information content (AvgIpc) is 2.65. The second-order valence-electron chi connectivity index (χ2n) is 3.18. The van der Waals surface area contributed by atoms with Crippen LogP contribution in [-0.4, -0.2) is 22.3 Å². The Hall–Kier alpha value is -0.830. The lowest BCUT2D eigenvalue weighted by Gasteiger charge is -2.17. The molecule has 0 amide bonds. The lowest BCUT2D eigenvalue weighted by atomic mass is 9.92. The van der Waals surface area contributed by atoms with E-state index in [0.29, 0.717) is 0 Å². The summed E-state index contributed by atoms with van der Waals surface area (Å²) in [5, 5.41) is 17.7. The maximum Gasteiger partial charge on any atom is 0.333 e. The number of carbonyl (C=O) groups is 1. The van der Waals surface area contributed by atoms with Crippen LogP contribution in [0.2, 0.25) is 0 Å². The minimum atomic E-state index is -1.26. The van der Waals surface area contributed by atoms with E-state index in [-0.39, 0.29) is 0 Å². The first kappa shape index (κ1) is 8.27. The summed E-state index contributed by atoms with van der Waals surface area (Å²) in [7, 11) is 0. The molecular weight excluding hydrogens is 144 g/mol. The highest BCUT2D eigenvalue weighted by Crippen LogP contribution is 2.53. The Kier molecular flexibility index (Phi) is 1.76. The van der Waals surface area contributed by atoms with Crippen LogP contribution in [-0.2, 0) is 4.79 Å². The van der Waals surface area contributed by atoms with Crippen molar-refractivity contribution < 1.29 is 15.0 Å². The van der Waals surface area contributed by atoms with Crippen LogP contribution in [0, 0.1) is 5.41 Å². The predicted molar refractivity (Wildman–Crippen MR) is 40.1 cm³/mol. The number of aliphatic hydroxyl groups excluding tert-OH is 1. The zero-order valence-electron chi connectivity index (χ0n) is 6.50. The smallest absolute Gasteiger partial charge is 0.333 e. The molecule has 1 atom stereocenters. The topological polar surface area (TPSA) is 57.5 Å². The van der Waals surface area contributed by atoms with E-state index in [2.05, 4.69) is 6.58 Å². The summed E-state index contributed by atoms with van der Waals surface area (Å²) < 4.78 is 0. The van der Waals surface area contributed by atoms with Crippen molar-refractivity contribution in [3.63, 3.8) is 0 Å². The summed E-state index contributed by atoms with van der Waals surface area (Å²) in [6, 6.07) is 0. The fourth-order valence-electron chi connectivity index (χ4n) is 1.30. The predicted octanol–water partition coefficient (Wildman–Crippen LogP) is 0.788. The van der Waals surface area contributed by atoms with Gasteiger partial charge in [-0.2, -0.15) is 0 Å². The summed E-state index contributed by atoms with van der Waals surface area (Å²) >= 11 is 0. The molecule has 0 bridgehead atoms. The number of carboxylic acids is 1. The van der Waals surface area contributed by atoms with E-state index >= 15 is 0 Å². The van der Waals surface area contributed by atoms with E-state index in [9.17, 15) is 9.90 Å². The molecule has 0 aromatic heterocycles. The number of aliphatic carboxylic acids is 1. The fourth-order valence-corrected chi connectivity index (χ4v) is 1.30. The van der Waals surface area contributed by atoms with Crippen LogP contribution in [0.15, 0.2) is 12.2 Å². The molecule has 0 aromatic rings. The third kappa shape index (κ3) is 1.16. The Morgan fingerprint density at radius 1 is 1.64 bits per heavy atom. The van der Waals surface area contributed by atoms with Crippen LogP contribution in [0.5, 0.6) is 0 Å². The van der Waals surface area contributed by atoms with E-state index in [0.717, 1.165) is 18.4 Å². The highest BCUT2D eigenvalue weighted by molar-refractivity contribution is 5.74. The Morgan fingerprint density at radius 3 is 2.18 bits per heavy atom. The first-order valence-electron chi connectivity index (χ1n) is 3.57. The summed E-state index contributed by atoms with van der Waals surface area (Å²) in [5.41, 5.74) is 0.263. The van der Waals surface area contributed by atoms with Crippen molar-refractivity contribution in [2.75, 3.05) is 0 Å². The molecule has 1 aliphatic carbocycles. The van der Waals surface area contributed by atoms with Crippen LogP contribution in [0.3, 0.4) is 0 Å². The Balaban J connectivity index is 2.73. The lowest BCUT2D eigenvalue weighted by molar-refractivity contribution is -0.149. The molecule has 3 nitrogen and oxygen atoms in total. The third-order valence-electron chi connectivity index (χ3n) is 2.40. The highest BCUT2D eigenvalue weighted by atomic mass is 16.4. The normalized spacial score (nSPS) is 22.4. The molecule has 1 aliphatic rings. The maximum absolute atomic E-state index is 10.4. The van der Waals surface area contributed by atoms with E-state index in [1.54, 1.807) is 6.92 Å². The van der Waals surface area contributed by atoms with Gasteiger partial charge in [0.25, 0.3) is 0 Å². The Morgan fingerprint density at radius 2 is 2.09 bits per heavy atom. The first-order valence-corrected chi connectivity index (χ1v) is 3.57. The molecule has 1 unspecified atom stereocenters. The van der Waals surface area contributed by atoms with Crippen molar-refractivity contribution in [1.29, 1.82) is 0 Å². The summed E-state index contributed by atoms with van der Waals surface area (Å²) in [5.74, 6) is -1.15. The van der Waals surface area contributed by atoms with Gasteiger partial charge in [-0.15, -0.1) is 0 Å². The number of rotatable bonds is 3. The lowest BCUT2D eigenvalue weighted by Crippen LogP contribution is -2.31. The zero-order valence-corrected chi connectivity index (χ0v) is 6.50. The van der Waals surface area contributed by atoms with Gasteiger partial charge in [0.15, 0.2) is 6.10 Å². The van der Waals surface area contributed by atoms with Crippen molar-refractivity contribution in [2.45, 2.75) is 25.9 Å². The molecule has 11 heavy (non-hydrogen) atoms. The molecule has 0 aliphatic heterocycles. The molecule has 0 radical (unpaired) electrons. The molecule has 0 saturated heterocycles. The van der Waals surface area contributed by atoms with Crippen molar-refractivity contribution >= 4 is 5.97 Å². The SMILES string of the molecule is C=C(C)C1(C(O)C(=O)O)CC1. The van der Waals surface area contributed by atoms with Crippen molar-refractivity contribution in [3.8, 4) is 0 Å². The van der Waals surface area contributed by atoms with Crippen LogP contribution < -0.4 is 0 Å². The van der Waals surface area contributed by atoms with Crippen molar-refractivity contribution in [3.05, 3.63) is 12.2 Å². The molecular formula is C8H12O3. The first-order chi connectivity index (χ1) is 5.00. The highest BCUT2D eigenvalue weighted by Gasteiger charge is 2.52. The monoisotopic (exact) mass is 156 g/mol. The van der Waals surface area contributed by atoms with Gasteiger partial charge in [-0.3, -0.25) is 0 Å². The van der Waals surface area contributed by atoms with Gasteiger partial charge in [-0.1, -0.05) is 12.2 Å². The number of carboxylic acid groups (broad SMARTS) is 1. The van der Waals surface area contributed by atoms with Gasteiger partial charge in [-0.05, 0) is 19.8 Å². The van der Waals surface area contributed by atoms with Crippen molar-refractivity contribution in [1.82, 2.24) is 0 Å². The van der Waals surface area contributed by atoms with E-state index in [1.165, 1.54) is 0 Å². The summed E-state index contributed by atoms with van der Waals surface area (Å²) in [6.45, 7) is 5.43. The molecule has 0 heterocycles. The van der Waals surface area contributed by atoms with E-state index in [4.69, 9.17) is 5.11 Å². The van der Waals surface area contributed by atoms with Gasteiger partial charge in [-0.25, -0.2) is 4.79 Å². The molecule has 0 aromatic carbocycles. The van der Waals surface area contributed by atoms with Gasteiger partial charge in [0.05, 0.1) is 0 Å². The van der Waals surface area contributed by atoms with Crippen molar-refractivity contribution in [2.24, 2.45) is 5.41 Å². The van der Waals surface area contributed by atoms with Gasteiger partial charge in [0, 0.05) is 5.41 Å². The number of hydrogen-bond donors (Lipinski definition) is 2. The standard InChI is InChI=1S/C8H12O3/c1-5(2)8(3-4-8)6(9)7(10)11/h6,9H,1,3-4H2,2H3,(H,10,11). The Bertz CT molecular complexity index is 203. The molecule has 1 rings (SSSR count). The molecule has 1 saturated carbocycles. The van der Waals surface area contributed by atoms with Crippen LogP contribution >= 0.6 is 0 Å². The van der Waals surface area contributed by atoms with Gasteiger partial charge in [0.2, 0.25) is 0 Å². The molecule has 1 fully saturated rings. The second kappa shape index (κ2) is 2.34. The third-order valence-corrected chi connectivity index (χ3v) is 2.40. The Labute approximate surface area is 65.3 Å². The van der Waals surface area contributed by atoms with Crippen LogP contribution in [0.1, 0.15) is 19.8 Å². The largest absolute Gasteiger partial charge is 0.479 e. The fraction of sp³-hybridized carbons (Fsp3) is 0.625. The average molecular weight is 156 g/mol. The minimum absolute atomic E-state index is 0.508. The second-order valence-corrected chi connectivity index (χ2v) is 3.18. The van der Waals surface area contributed by atoms with Crippen LogP contribution in [0.4, 0.5) is 0 Å². The molecule has 62 valence electrons. The number of hydrogen-bond acceptors (Lipinski definition) is 2. The maximum atomic E-state index is 10.4. The summed E-state index contributed by atoms with van der Waals surface area (Å²) in [6.07, 6.45) is 0.228. The minimum Gasteiger partial charge on any atom is -0.479 e. The van der Waals surface area contributed by atoms with Gasteiger partial charge < -0.3 is 10.2 Å². The van der Waals surface area contributed by atoms with E-state index in [1.807, 2.05) is 0 Å². The van der Waals surface area contributed by atoms with Gasteiger partial charge >= 0.3 is 5.97 Å². The molecule has 3 heteroatoms. The molecule has 0 spiro atoms. The quantitative estimate of drug-likeness (QED) is 0.594. The number of aliphatic hydroxyl groups is 1. The van der Waals surface area contributed by atoms with E-state index < -0.39 is 17.5 Å². The zero-order chi connectivity index (χ0) is 8.65. The molecule has 2 N–H and O–H groups in total. The summed E-state index contributed by atoms with van der Waals surface area (Å²) in [4.78, 5) is 10.4. The van der Waals surface area contributed by atoms with Crippen LogP contribution in [0.25, 0.3) is 0 Å².